The van der Waals surface area contributed by atoms with Crippen LogP contribution in [0.1, 0.15) is 20.3 Å². The van der Waals surface area contributed by atoms with Crippen molar-refractivity contribution in [2.45, 2.75) is 30.7 Å². The molecule has 1 aromatic carbocycles. The fourth-order valence-electron chi connectivity index (χ4n) is 1.74. The molecule has 0 aliphatic heterocycles. The minimum absolute atomic E-state index is 0.286. The lowest BCUT2D eigenvalue weighted by Gasteiger charge is -2.17. The highest BCUT2D eigenvalue weighted by atomic mass is 35.5. The lowest BCUT2D eigenvalue weighted by molar-refractivity contribution is -0.158. The van der Waals surface area contributed by atoms with Crippen LogP contribution < -0.4 is 5.32 Å². The van der Waals surface area contributed by atoms with Crippen molar-refractivity contribution in [1.82, 2.24) is 0 Å². The van der Waals surface area contributed by atoms with Crippen LogP contribution in [0.25, 0.3) is 0 Å². The van der Waals surface area contributed by atoms with Gasteiger partial charge in [-0.1, -0.05) is 0 Å². The number of rotatable bonds is 4. The number of hydrogen-bond acceptors (Lipinski definition) is 3. The zero-order valence-corrected chi connectivity index (χ0v) is 13.0. The van der Waals surface area contributed by atoms with E-state index >= 15 is 0 Å². The molecule has 0 heterocycles. The number of anilines is 1. The summed E-state index contributed by atoms with van der Waals surface area (Å²) in [5, 5.41) is 2.52. The monoisotopic (exact) mass is 333 g/mol. The van der Waals surface area contributed by atoms with E-state index in [4.69, 9.17) is 27.9 Å². The van der Waals surface area contributed by atoms with Crippen molar-refractivity contribution < 1.29 is 18.7 Å². The number of carbonyl (C=O) groups is 2. The van der Waals surface area contributed by atoms with Gasteiger partial charge in [-0.2, -0.15) is 0 Å². The summed E-state index contributed by atoms with van der Waals surface area (Å²) >= 11 is 11.8. The van der Waals surface area contributed by atoms with E-state index in [9.17, 15) is 14.0 Å². The van der Waals surface area contributed by atoms with Crippen LogP contribution in [0.3, 0.4) is 0 Å². The van der Waals surface area contributed by atoms with Crippen molar-refractivity contribution >= 4 is 40.8 Å². The number of alkyl halides is 2. The Morgan fingerprint density at radius 1 is 1.33 bits per heavy atom. The van der Waals surface area contributed by atoms with Crippen LogP contribution in [0.15, 0.2) is 24.3 Å². The molecule has 0 aromatic heterocycles. The molecule has 1 aliphatic carbocycles. The summed E-state index contributed by atoms with van der Waals surface area (Å²) in [5.74, 6) is -1.54. The summed E-state index contributed by atoms with van der Waals surface area (Å²) in [4.78, 5) is 23.8. The molecule has 1 saturated carbocycles. The molecule has 2 atom stereocenters. The first-order valence-electron chi connectivity index (χ1n) is 6.31. The van der Waals surface area contributed by atoms with E-state index in [1.807, 2.05) is 0 Å². The number of hydrogen-bond donors (Lipinski definition) is 1. The Labute approximate surface area is 131 Å². The Balaban J connectivity index is 1.91. The Bertz CT molecular complexity index is 576. The number of benzene rings is 1. The van der Waals surface area contributed by atoms with Gasteiger partial charge < -0.3 is 10.1 Å². The normalized spacial score (nSPS) is 24.0. The lowest BCUT2D eigenvalue weighted by Crippen LogP contribution is -2.33. The molecule has 0 bridgehead atoms. The summed E-state index contributed by atoms with van der Waals surface area (Å²) in [5.41, 5.74) is -0.577. The number of amides is 1. The van der Waals surface area contributed by atoms with Crippen LogP contribution in [0.4, 0.5) is 10.1 Å². The molecule has 1 N–H and O–H groups in total. The molecule has 2 rings (SSSR count). The van der Waals surface area contributed by atoms with Gasteiger partial charge in [-0.3, -0.25) is 9.59 Å². The molecule has 0 spiro atoms. The van der Waals surface area contributed by atoms with Crippen molar-refractivity contribution in [2.24, 2.45) is 5.41 Å². The molecule has 4 nitrogen and oxygen atoms in total. The first-order valence-corrected chi connectivity index (χ1v) is 7.07. The van der Waals surface area contributed by atoms with Gasteiger partial charge in [0.15, 0.2) is 6.10 Å². The highest BCUT2D eigenvalue weighted by Gasteiger charge is 2.69. The van der Waals surface area contributed by atoms with Gasteiger partial charge in [0.05, 0.1) is 0 Å². The van der Waals surface area contributed by atoms with Gasteiger partial charge in [0.2, 0.25) is 0 Å². The molecular weight excluding hydrogens is 320 g/mol. The summed E-state index contributed by atoms with van der Waals surface area (Å²) in [6.45, 7) is 3.02. The second kappa shape index (κ2) is 5.46. The maximum atomic E-state index is 12.8. The maximum Gasteiger partial charge on any atom is 0.315 e. The first-order chi connectivity index (χ1) is 9.65. The summed E-state index contributed by atoms with van der Waals surface area (Å²) in [7, 11) is 0. The van der Waals surface area contributed by atoms with E-state index in [2.05, 4.69) is 5.32 Å². The minimum Gasteiger partial charge on any atom is -0.452 e. The molecule has 0 unspecified atom stereocenters. The molecule has 21 heavy (non-hydrogen) atoms. The van der Waals surface area contributed by atoms with Gasteiger partial charge in [-0.25, -0.2) is 4.39 Å². The van der Waals surface area contributed by atoms with Gasteiger partial charge in [-0.15, -0.1) is 23.2 Å². The van der Waals surface area contributed by atoms with E-state index in [1.54, 1.807) is 6.92 Å². The van der Waals surface area contributed by atoms with Crippen LogP contribution in [0.5, 0.6) is 0 Å². The average Bonchev–Trinajstić information content (AvgIpc) is 2.92. The Hall–Kier alpha value is -1.33. The number of ether oxygens (including phenoxy) is 1. The molecule has 1 aliphatic rings. The van der Waals surface area contributed by atoms with Gasteiger partial charge in [-0.05, 0) is 38.1 Å². The quantitative estimate of drug-likeness (QED) is 0.679. The standard InChI is InChI=1S/C14H14Cl2FNO3/c1-8(21-12(20)13(2)7-14(13,15)16)11(19)18-10-5-3-9(17)4-6-10/h3-6,8H,7H2,1-2H3,(H,18,19)/t8-,13-/m0/s1. The maximum absolute atomic E-state index is 12.8. The minimum atomic E-state index is -1.14. The molecule has 0 radical (unpaired) electrons. The van der Waals surface area contributed by atoms with Crippen molar-refractivity contribution in [3.05, 3.63) is 30.1 Å². The highest BCUT2D eigenvalue weighted by molar-refractivity contribution is 6.53. The van der Waals surface area contributed by atoms with Gasteiger partial charge in [0.1, 0.15) is 15.6 Å². The van der Waals surface area contributed by atoms with Gasteiger partial charge >= 0.3 is 5.97 Å². The van der Waals surface area contributed by atoms with Gasteiger partial charge in [0, 0.05) is 12.1 Å². The van der Waals surface area contributed by atoms with E-state index in [0.717, 1.165) is 0 Å². The second-order valence-electron chi connectivity index (χ2n) is 5.26. The molecule has 1 amide bonds. The largest absolute Gasteiger partial charge is 0.452 e. The van der Waals surface area contributed by atoms with Crippen molar-refractivity contribution in [1.29, 1.82) is 0 Å². The number of carbonyl (C=O) groups excluding carboxylic acids is 2. The molecule has 7 heteroatoms. The van der Waals surface area contributed by atoms with Crippen LogP contribution in [-0.2, 0) is 14.3 Å². The van der Waals surface area contributed by atoms with E-state index in [1.165, 1.54) is 31.2 Å². The lowest BCUT2D eigenvalue weighted by atomic mass is 10.1. The fraction of sp³-hybridized carbons (Fsp3) is 0.429. The van der Waals surface area contributed by atoms with E-state index in [0.29, 0.717) is 5.69 Å². The van der Waals surface area contributed by atoms with Crippen LogP contribution in [0.2, 0.25) is 0 Å². The fourth-order valence-corrected chi connectivity index (χ4v) is 2.43. The highest BCUT2D eigenvalue weighted by Crippen LogP contribution is 2.64. The van der Waals surface area contributed by atoms with Crippen LogP contribution in [0, 0.1) is 11.2 Å². The Morgan fingerprint density at radius 2 is 1.86 bits per heavy atom. The van der Waals surface area contributed by atoms with Gasteiger partial charge in [0.25, 0.3) is 5.91 Å². The Morgan fingerprint density at radius 3 is 2.33 bits per heavy atom. The number of halogens is 3. The third kappa shape index (κ3) is 3.30. The molecule has 1 fully saturated rings. The number of esters is 1. The topological polar surface area (TPSA) is 55.4 Å². The molecule has 0 saturated heterocycles. The van der Waals surface area contributed by atoms with E-state index in [-0.39, 0.29) is 6.42 Å². The SMILES string of the molecule is C[C@H](OC(=O)[C@]1(C)CC1(Cl)Cl)C(=O)Nc1ccc(F)cc1. The zero-order valence-electron chi connectivity index (χ0n) is 11.5. The van der Waals surface area contributed by atoms with Crippen LogP contribution >= 0.6 is 23.2 Å². The second-order valence-corrected chi connectivity index (χ2v) is 6.74. The summed E-state index contributed by atoms with van der Waals surface area (Å²) in [6, 6.07) is 5.25. The van der Waals surface area contributed by atoms with E-state index < -0.39 is 33.5 Å². The number of nitrogens with one attached hydrogen (secondary N) is 1. The average molecular weight is 334 g/mol. The van der Waals surface area contributed by atoms with Crippen molar-refractivity contribution in [3.63, 3.8) is 0 Å². The molecular formula is C14H14Cl2FNO3. The van der Waals surface area contributed by atoms with Crippen molar-refractivity contribution in [2.75, 3.05) is 5.32 Å². The third-order valence-electron chi connectivity index (χ3n) is 3.47. The summed E-state index contributed by atoms with van der Waals surface area (Å²) < 4.78 is 16.7. The van der Waals surface area contributed by atoms with Crippen LogP contribution in [-0.4, -0.2) is 22.3 Å². The van der Waals surface area contributed by atoms with Crippen molar-refractivity contribution in [3.8, 4) is 0 Å². The summed E-state index contributed by atoms with van der Waals surface area (Å²) in [6.07, 6.45) is -0.724. The molecule has 114 valence electrons. The third-order valence-corrected chi connectivity index (χ3v) is 4.57. The smallest absolute Gasteiger partial charge is 0.315 e. The zero-order chi connectivity index (χ0) is 15.8. The Kier molecular flexibility index (Phi) is 4.17. The predicted octanol–water partition coefficient (Wildman–Crippen LogP) is 3.28. The first kappa shape index (κ1) is 16.0. The molecule has 1 aromatic rings. The predicted molar refractivity (Wildman–Crippen MR) is 77.7 cm³/mol.